The van der Waals surface area contributed by atoms with Gasteiger partial charge in [-0.3, -0.25) is 4.79 Å². The van der Waals surface area contributed by atoms with Crippen LogP contribution in [0.25, 0.3) is 10.8 Å². The van der Waals surface area contributed by atoms with Crippen LogP contribution in [-0.2, 0) is 10.2 Å². The number of hydrogen-bond acceptors (Lipinski definition) is 1. The molecular weight excluding hydrogens is 244 g/mol. The van der Waals surface area contributed by atoms with Gasteiger partial charge in [-0.15, -0.1) is 0 Å². The van der Waals surface area contributed by atoms with Crippen molar-refractivity contribution in [3.8, 4) is 0 Å². The first-order valence-electron chi connectivity index (χ1n) is 6.42. The van der Waals surface area contributed by atoms with Crippen LogP contribution in [0.15, 0.2) is 42.5 Å². The van der Waals surface area contributed by atoms with Crippen molar-refractivity contribution in [2.24, 2.45) is 0 Å². The highest BCUT2D eigenvalue weighted by molar-refractivity contribution is 6.65. The average molecular weight is 259 g/mol. The van der Waals surface area contributed by atoms with Gasteiger partial charge in [-0.1, -0.05) is 55.3 Å². The minimum absolute atomic E-state index is 0.199. The van der Waals surface area contributed by atoms with E-state index in [9.17, 15) is 4.79 Å². The van der Waals surface area contributed by atoms with E-state index < -0.39 is 5.41 Å². The Balaban J connectivity index is 2.15. The smallest absolute Gasteiger partial charge is 0.232 e. The summed E-state index contributed by atoms with van der Waals surface area (Å²) in [6.07, 6.45) is 3.94. The lowest BCUT2D eigenvalue weighted by molar-refractivity contribution is -0.116. The number of carbonyl (C=O) groups is 1. The Morgan fingerprint density at radius 2 is 1.67 bits per heavy atom. The van der Waals surface area contributed by atoms with Crippen LogP contribution < -0.4 is 0 Å². The maximum absolute atomic E-state index is 11.9. The van der Waals surface area contributed by atoms with E-state index >= 15 is 0 Å². The van der Waals surface area contributed by atoms with Crippen LogP contribution >= 0.6 is 11.6 Å². The summed E-state index contributed by atoms with van der Waals surface area (Å²) in [5.74, 6) is 0. The van der Waals surface area contributed by atoms with Gasteiger partial charge < -0.3 is 0 Å². The molecule has 0 saturated heterocycles. The predicted octanol–water partition coefficient (Wildman–Crippen LogP) is 4.42. The number of rotatable bonds is 2. The molecule has 1 aliphatic carbocycles. The summed E-state index contributed by atoms with van der Waals surface area (Å²) in [5, 5.41) is 2.19. The van der Waals surface area contributed by atoms with E-state index in [-0.39, 0.29) is 5.24 Å². The first-order chi connectivity index (χ1) is 8.72. The summed E-state index contributed by atoms with van der Waals surface area (Å²) in [5.41, 5.74) is 0.643. The number of benzene rings is 2. The lowest BCUT2D eigenvalue weighted by atomic mass is 9.79. The number of fused-ring (bicyclic) bond motifs is 1. The normalized spacial score (nSPS) is 18.1. The van der Waals surface area contributed by atoms with Gasteiger partial charge in [0.1, 0.15) is 0 Å². The molecule has 0 atom stereocenters. The Hall–Kier alpha value is -1.34. The second kappa shape index (κ2) is 4.40. The van der Waals surface area contributed by atoms with Crippen LogP contribution in [0.5, 0.6) is 0 Å². The van der Waals surface area contributed by atoms with Crippen LogP contribution in [0.2, 0.25) is 0 Å². The Morgan fingerprint density at radius 1 is 1.00 bits per heavy atom. The van der Waals surface area contributed by atoms with Crippen LogP contribution in [0.4, 0.5) is 0 Å². The van der Waals surface area contributed by atoms with Crippen molar-refractivity contribution in [1.29, 1.82) is 0 Å². The van der Waals surface area contributed by atoms with Crippen LogP contribution in [0.3, 0.4) is 0 Å². The Labute approximate surface area is 112 Å². The van der Waals surface area contributed by atoms with Crippen molar-refractivity contribution in [2.75, 3.05) is 0 Å². The molecule has 92 valence electrons. The van der Waals surface area contributed by atoms with Crippen LogP contribution in [-0.4, -0.2) is 5.24 Å². The van der Waals surface area contributed by atoms with Crippen molar-refractivity contribution in [3.05, 3.63) is 48.0 Å². The highest BCUT2D eigenvalue weighted by Crippen LogP contribution is 2.43. The predicted molar refractivity (Wildman–Crippen MR) is 75.0 cm³/mol. The average Bonchev–Trinajstić information content (AvgIpc) is 2.89. The molecular formula is C16H15ClO. The molecule has 3 rings (SSSR count). The Kier molecular flexibility index (Phi) is 2.87. The number of carbonyl (C=O) groups excluding carboxylic acids is 1. The molecule has 2 heteroatoms. The van der Waals surface area contributed by atoms with Crippen molar-refractivity contribution in [1.82, 2.24) is 0 Å². The van der Waals surface area contributed by atoms with E-state index in [2.05, 4.69) is 30.3 Å². The molecule has 2 aromatic rings. The first kappa shape index (κ1) is 11.7. The van der Waals surface area contributed by atoms with Crippen molar-refractivity contribution < 1.29 is 4.79 Å². The lowest BCUT2D eigenvalue weighted by Crippen LogP contribution is -2.29. The Bertz CT molecular complexity index is 597. The summed E-state index contributed by atoms with van der Waals surface area (Å²) in [4.78, 5) is 11.9. The summed E-state index contributed by atoms with van der Waals surface area (Å²) in [6, 6.07) is 14.5. The molecule has 0 amide bonds. The largest absolute Gasteiger partial charge is 0.280 e. The molecule has 1 fully saturated rings. The third-order valence-electron chi connectivity index (χ3n) is 4.14. The minimum atomic E-state index is -0.439. The summed E-state index contributed by atoms with van der Waals surface area (Å²) in [7, 11) is 0. The molecule has 18 heavy (non-hydrogen) atoms. The standard InChI is InChI=1S/C16H15ClO/c17-15(18)16(9-3-4-10-16)14-8-7-12-5-1-2-6-13(12)11-14/h1-2,5-8,11H,3-4,9-10H2. The second-order valence-electron chi connectivity index (χ2n) is 5.12. The molecule has 0 radical (unpaired) electrons. The van der Waals surface area contributed by atoms with Gasteiger partial charge in [0.2, 0.25) is 5.24 Å². The zero-order chi connectivity index (χ0) is 12.6. The molecule has 0 aliphatic heterocycles. The third kappa shape index (κ3) is 1.74. The van der Waals surface area contributed by atoms with Gasteiger partial charge in [0, 0.05) is 0 Å². The molecule has 0 spiro atoms. The zero-order valence-corrected chi connectivity index (χ0v) is 10.9. The Morgan fingerprint density at radius 3 is 2.33 bits per heavy atom. The molecule has 0 aromatic heterocycles. The van der Waals surface area contributed by atoms with Gasteiger partial charge in [0.15, 0.2) is 0 Å². The van der Waals surface area contributed by atoms with Crippen molar-refractivity contribution >= 4 is 27.6 Å². The number of halogens is 1. The molecule has 1 saturated carbocycles. The molecule has 0 bridgehead atoms. The lowest BCUT2D eigenvalue weighted by Gasteiger charge is -2.25. The topological polar surface area (TPSA) is 17.1 Å². The molecule has 0 heterocycles. The summed E-state index contributed by atoms with van der Waals surface area (Å²) in [6.45, 7) is 0. The monoisotopic (exact) mass is 258 g/mol. The van der Waals surface area contributed by atoms with E-state index in [0.29, 0.717) is 0 Å². The maximum Gasteiger partial charge on any atom is 0.232 e. The highest BCUT2D eigenvalue weighted by atomic mass is 35.5. The first-order valence-corrected chi connectivity index (χ1v) is 6.79. The second-order valence-corrected chi connectivity index (χ2v) is 5.47. The van der Waals surface area contributed by atoms with Gasteiger partial charge in [-0.2, -0.15) is 0 Å². The molecule has 2 aromatic carbocycles. The fourth-order valence-electron chi connectivity index (χ4n) is 3.06. The van der Waals surface area contributed by atoms with Gasteiger partial charge in [0.25, 0.3) is 0 Å². The van der Waals surface area contributed by atoms with Gasteiger partial charge in [-0.05, 0) is 40.8 Å². The van der Waals surface area contributed by atoms with Crippen LogP contribution in [0.1, 0.15) is 31.2 Å². The molecule has 0 unspecified atom stereocenters. The van der Waals surface area contributed by atoms with E-state index in [1.807, 2.05) is 12.1 Å². The van der Waals surface area contributed by atoms with E-state index in [4.69, 9.17) is 11.6 Å². The van der Waals surface area contributed by atoms with Gasteiger partial charge in [0.05, 0.1) is 5.41 Å². The summed E-state index contributed by atoms with van der Waals surface area (Å²) < 4.78 is 0. The minimum Gasteiger partial charge on any atom is -0.280 e. The fourth-order valence-corrected chi connectivity index (χ4v) is 3.36. The van der Waals surface area contributed by atoms with Crippen LogP contribution in [0, 0.1) is 0 Å². The fraction of sp³-hybridized carbons (Fsp3) is 0.312. The quantitative estimate of drug-likeness (QED) is 0.729. The summed E-state index contributed by atoms with van der Waals surface area (Å²) >= 11 is 5.89. The number of hydrogen-bond donors (Lipinski definition) is 0. The zero-order valence-electron chi connectivity index (χ0n) is 10.2. The van der Waals surface area contributed by atoms with E-state index in [0.717, 1.165) is 31.2 Å². The van der Waals surface area contributed by atoms with Gasteiger partial charge >= 0.3 is 0 Å². The SMILES string of the molecule is O=C(Cl)C1(c2ccc3ccccc3c2)CCCC1. The van der Waals surface area contributed by atoms with Gasteiger partial charge in [-0.25, -0.2) is 0 Å². The van der Waals surface area contributed by atoms with Crippen molar-refractivity contribution in [3.63, 3.8) is 0 Å². The molecule has 1 aliphatic rings. The van der Waals surface area contributed by atoms with E-state index in [1.165, 1.54) is 10.8 Å². The molecule has 1 nitrogen and oxygen atoms in total. The maximum atomic E-state index is 11.9. The third-order valence-corrected chi connectivity index (χ3v) is 4.50. The highest BCUT2D eigenvalue weighted by Gasteiger charge is 2.41. The molecule has 0 N–H and O–H groups in total. The van der Waals surface area contributed by atoms with Crippen molar-refractivity contribution in [2.45, 2.75) is 31.1 Å². The van der Waals surface area contributed by atoms with E-state index in [1.54, 1.807) is 0 Å².